The number of nitrogens with zero attached hydrogens (tertiary/aromatic N) is 1. The topological polar surface area (TPSA) is 111 Å². The molecule has 0 spiro atoms. The fourth-order valence-electron chi connectivity index (χ4n) is 2.67. The standard InChI is InChI=1S/C21H30N4O4/c1-4-23-21(25-14-16-8-10-18(29-16)20(22)26)24-12-11-15-7-9-17(27-5-2)19(13-15)28-6-3/h7-10,13H,4-6,11-12,14H2,1-3H3,(H2,22,26)(H2,23,24,25). The highest BCUT2D eigenvalue weighted by atomic mass is 16.5. The fourth-order valence-corrected chi connectivity index (χ4v) is 2.67. The van der Waals surface area contributed by atoms with Gasteiger partial charge >= 0.3 is 0 Å². The molecular formula is C21H30N4O4. The highest BCUT2D eigenvalue weighted by molar-refractivity contribution is 5.89. The van der Waals surface area contributed by atoms with Crippen LogP contribution in [0.3, 0.4) is 0 Å². The SMILES string of the molecule is CCNC(=NCc1ccc(C(N)=O)o1)NCCc1ccc(OCC)c(OCC)c1. The Kier molecular flexibility index (Phi) is 8.88. The van der Waals surface area contributed by atoms with Crippen LogP contribution in [0.15, 0.2) is 39.7 Å². The largest absolute Gasteiger partial charge is 0.490 e. The zero-order chi connectivity index (χ0) is 21.1. The second-order valence-corrected chi connectivity index (χ2v) is 6.15. The molecule has 0 saturated heterocycles. The Morgan fingerprint density at radius 1 is 1.07 bits per heavy atom. The van der Waals surface area contributed by atoms with Gasteiger partial charge in [-0.05, 0) is 57.0 Å². The Morgan fingerprint density at radius 2 is 1.83 bits per heavy atom. The number of guanidine groups is 1. The molecule has 1 amide bonds. The minimum absolute atomic E-state index is 0.133. The lowest BCUT2D eigenvalue weighted by Crippen LogP contribution is -2.38. The molecule has 0 unspecified atom stereocenters. The Labute approximate surface area is 171 Å². The molecule has 0 aliphatic carbocycles. The Bertz CT molecular complexity index is 817. The van der Waals surface area contributed by atoms with Crippen LogP contribution in [0.2, 0.25) is 0 Å². The zero-order valence-corrected chi connectivity index (χ0v) is 17.3. The van der Waals surface area contributed by atoms with Gasteiger partial charge in [0.25, 0.3) is 5.91 Å². The van der Waals surface area contributed by atoms with E-state index in [1.165, 1.54) is 0 Å². The lowest BCUT2D eigenvalue weighted by molar-refractivity contribution is 0.0972. The van der Waals surface area contributed by atoms with E-state index in [-0.39, 0.29) is 5.76 Å². The van der Waals surface area contributed by atoms with E-state index in [0.717, 1.165) is 30.0 Å². The first-order valence-electron chi connectivity index (χ1n) is 9.86. The molecular weight excluding hydrogens is 372 g/mol. The first-order chi connectivity index (χ1) is 14.1. The molecule has 0 aliphatic heterocycles. The van der Waals surface area contributed by atoms with Gasteiger partial charge in [-0.1, -0.05) is 6.07 Å². The van der Waals surface area contributed by atoms with E-state index < -0.39 is 5.91 Å². The van der Waals surface area contributed by atoms with Gasteiger partial charge in [0.1, 0.15) is 12.3 Å². The second-order valence-electron chi connectivity index (χ2n) is 6.15. The van der Waals surface area contributed by atoms with E-state index in [1.54, 1.807) is 12.1 Å². The third-order valence-electron chi connectivity index (χ3n) is 3.96. The van der Waals surface area contributed by atoms with Crippen molar-refractivity contribution < 1.29 is 18.7 Å². The zero-order valence-electron chi connectivity index (χ0n) is 17.3. The molecule has 2 aromatic rings. The smallest absolute Gasteiger partial charge is 0.284 e. The molecule has 2 rings (SSSR count). The van der Waals surface area contributed by atoms with Crippen LogP contribution in [0, 0.1) is 0 Å². The van der Waals surface area contributed by atoms with Crippen molar-refractivity contribution in [3.8, 4) is 11.5 Å². The summed E-state index contributed by atoms with van der Waals surface area (Å²) >= 11 is 0. The molecule has 1 aromatic carbocycles. The molecule has 8 heteroatoms. The van der Waals surface area contributed by atoms with Crippen molar-refractivity contribution >= 4 is 11.9 Å². The van der Waals surface area contributed by atoms with Gasteiger partial charge in [-0.15, -0.1) is 0 Å². The monoisotopic (exact) mass is 402 g/mol. The number of carbonyl (C=O) groups is 1. The molecule has 4 N–H and O–H groups in total. The van der Waals surface area contributed by atoms with Crippen LogP contribution in [-0.4, -0.2) is 38.2 Å². The van der Waals surface area contributed by atoms with Crippen molar-refractivity contribution in [3.05, 3.63) is 47.4 Å². The summed E-state index contributed by atoms with van der Waals surface area (Å²) in [6, 6.07) is 9.23. The molecule has 29 heavy (non-hydrogen) atoms. The van der Waals surface area contributed by atoms with Gasteiger partial charge in [0, 0.05) is 13.1 Å². The van der Waals surface area contributed by atoms with E-state index in [1.807, 2.05) is 39.0 Å². The number of rotatable bonds is 11. The van der Waals surface area contributed by atoms with Gasteiger partial charge in [0.2, 0.25) is 0 Å². The number of nitrogens with one attached hydrogen (secondary N) is 2. The minimum atomic E-state index is -0.591. The Balaban J connectivity index is 1.94. The van der Waals surface area contributed by atoms with Crippen LogP contribution in [0.1, 0.15) is 42.6 Å². The van der Waals surface area contributed by atoms with E-state index in [2.05, 4.69) is 15.6 Å². The molecule has 0 fully saturated rings. The highest BCUT2D eigenvalue weighted by Gasteiger charge is 2.08. The third-order valence-corrected chi connectivity index (χ3v) is 3.96. The summed E-state index contributed by atoms with van der Waals surface area (Å²) < 4.78 is 16.6. The first kappa shape index (κ1) is 22.1. The van der Waals surface area contributed by atoms with E-state index in [0.29, 0.717) is 38.0 Å². The summed E-state index contributed by atoms with van der Waals surface area (Å²) in [5.41, 5.74) is 6.33. The summed E-state index contributed by atoms with van der Waals surface area (Å²) in [7, 11) is 0. The predicted molar refractivity (Wildman–Crippen MR) is 113 cm³/mol. The van der Waals surface area contributed by atoms with Crippen LogP contribution in [0.25, 0.3) is 0 Å². The van der Waals surface area contributed by atoms with Crippen LogP contribution in [0.4, 0.5) is 0 Å². The normalized spacial score (nSPS) is 11.2. The fraction of sp³-hybridized carbons (Fsp3) is 0.429. The molecule has 0 saturated carbocycles. The maximum absolute atomic E-state index is 11.1. The molecule has 0 atom stereocenters. The molecule has 158 valence electrons. The average molecular weight is 402 g/mol. The number of carbonyl (C=O) groups excluding carboxylic acids is 1. The number of aliphatic imine (C=N–C) groups is 1. The number of primary amides is 1. The van der Waals surface area contributed by atoms with Crippen molar-refractivity contribution in [1.82, 2.24) is 10.6 Å². The molecule has 0 bridgehead atoms. The molecule has 0 radical (unpaired) electrons. The van der Waals surface area contributed by atoms with Gasteiger partial charge < -0.3 is 30.3 Å². The summed E-state index contributed by atoms with van der Waals surface area (Å²) in [4.78, 5) is 15.6. The summed E-state index contributed by atoms with van der Waals surface area (Å²) in [5, 5.41) is 6.48. The van der Waals surface area contributed by atoms with Crippen molar-refractivity contribution in [2.45, 2.75) is 33.7 Å². The molecule has 8 nitrogen and oxygen atoms in total. The predicted octanol–water partition coefficient (Wildman–Crippen LogP) is 2.47. The van der Waals surface area contributed by atoms with E-state index >= 15 is 0 Å². The lowest BCUT2D eigenvalue weighted by Gasteiger charge is -2.14. The number of amides is 1. The quantitative estimate of drug-likeness (QED) is 0.393. The Morgan fingerprint density at radius 3 is 2.48 bits per heavy atom. The van der Waals surface area contributed by atoms with E-state index in [4.69, 9.17) is 19.6 Å². The van der Waals surface area contributed by atoms with Gasteiger partial charge in [0.15, 0.2) is 23.2 Å². The molecule has 0 aliphatic rings. The van der Waals surface area contributed by atoms with Crippen LogP contribution >= 0.6 is 0 Å². The molecule has 1 heterocycles. The van der Waals surface area contributed by atoms with Crippen LogP contribution in [-0.2, 0) is 13.0 Å². The minimum Gasteiger partial charge on any atom is -0.490 e. The summed E-state index contributed by atoms with van der Waals surface area (Å²) in [5.74, 6) is 2.30. The number of nitrogens with two attached hydrogens (primary N) is 1. The average Bonchev–Trinajstić information content (AvgIpc) is 3.18. The summed E-state index contributed by atoms with van der Waals surface area (Å²) in [6.45, 7) is 8.81. The maximum atomic E-state index is 11.1. The highest BCUT2D eigenvalue weighted by Crippen LogP contribution is 2.28. The number of hydrogen-bond acceptors (Lipinski definition) is 5. The second kappa shape index (κ2) is 11.6. The van der Waals surface area contributed by atoms with Gasteiger partial charge in [-0.2, -0.15) is 0 Å². The Hall–Kier alpha value is -3.16. The third kappa shape index (κ3) is 7.06. The van der Waals surface area contributed by atoms with Crippen molar-refractivity contribution in [1.29, 1.82) is 0 Å². The van der Waals surface area contributed by atoms with Gasteiger partial charge in [0.05, 0.1) is 13.2 Å². The maximum Gasteiger partial charge on any atom is 0.284 e. The van der Waals surface area contributed by atoms with Crippen molar-refractivity contribution in [2.24, 2.45) is 10.7 Å². The lowest BCUT2D eigenvalue weighted by atomic mass is 10.1. The van der Waals surface area contributed by atoms with Crippen LogP contribution in [0.5, 0.6) is 11.5 Å². The van der Waals surface area contributed by atoms with Crippen LogP contribution < -0.4 is 25.8 Å². The number of ether oxygens (including phenoxy) is 2. The van der Waals surface area contributed by atoms with Crippen molar-refractivity contribution in [2.75, 3.05) is 26.3 Å². The summed E-state index contributed by atoms with van der Waals surface area (Å²) in [6.07, 6.45) is 0.795. The van der Waals surface area contributed by atoms with Crippen molar-refractivity contribution in [3.63, 3.8) is 0 Å². The first-order valence-corrected chi connectivity index (χ1v) is 9.86. The van der Waals surface area contributed by atoms with Gasteiger partial charge in [-0.3, -0.25) is 4.79 Å². The molecule has 1 aromatic heterocycles. The van der Waals surface area contributed by atoms with E-state index in [9.17, 15) is 4.79 Å². The number of hydrogen-bond donors (Lipinski definition) is 3. The van der Waals surface area contributed by atoms with Gasteiger partial charge in [-0.25, -0.2) is 4.99 Å². The number of furan rings is 1. The number of benzene rings is 1.